The van der Waals surface area contributed by atoms with Crippen molar-refractivity contribution in [1.82, 2.24) is 0 Å². The Hall–Kier alpha value is -2.23. The fourth-order valence-electron chi connectivity index (χ4n) is 2.05. The fraction of sp³-hybridized carbons (Fsp3) is 0.500. The second-order valence-corrected chi connectivity index (χ2v) is 6.31. The van der Waals surface area contributed by atoms with Gasteiger partial charge in [0.25, 0.3) is 0 Å². The smallest absolute Gasteiger partial charge is 0.195 e. The van der Waals surface area contributed by atoms with Crippen LogP contribution in [0.1, 0.15) is 5.56 Å². The lowest BCUT2D eigenvalue weighted by Gasteiger charge is -2.42. The number of hydrogen-bond acceptors (Lipinski definition) is 0. The Labute approximate surface area is 171 Å². The number of hydrogen-bond donors (Lipinski definition) is 0. The number of halogens is 17. The van der Waals surface area contributed by atoms with E-state index >= 15 is 0 Å². The maximum atomic E-state index is 13.6. The molecular weight excluding hydrogens is 515 g/mol. The Morgan fingerprint density at radius 1 is 0.424 bits per heavy atom. The number of alkyl halides is 17. The van der Waals surface area contributed by atoms with E-state index in [0.29, 0.717) is 0 Å². The van der Waals surface area contributed by atoms with Gasteiger partial charge in [-0.15, -0.1) is 0 Å². The minimum Gasteiger partial charge on any atom is -0.195 e. The van der Waals surface area contributed by atoms with Gasteiger partial charge in [0.2, 0.25) is 0 Å². The van der Waals surface area contributed by atoms with Crippen LogP contribution in [0.4, 0.5) is 74.6 Å². The molecule has 17 heteroatoms. The molecule has 0 atom stereocenters. The summed E-state index contributed by atoms with van der Waals surface area (Å²) in [6.07, 6.45) is -9.09. The molecule has 0 aliphatic carbocycles. The van der Waals surface area contributed by atoms with E-state index in [9.17, 15) is 74.6 Å². The zero-order valence-electron chi connectivity index (χ0n) is 15.0. The van der Waals surface area contributed by atoms with Crippen LogP contribution >= 0.6 is 0 Å². The average molecular weight is 522 g/mol. The van der Waals surface area contributed by atoms with Crippen LogP contribution in [0.5, 0.6) is 0 Å². The standard InChI is InChI=1S/C16H7F17/c17-9(18,7-6-8-4-2-1-3-5-8)10(19,20)11(21,22)12(23,24)13(25,26)14(27,28)15(29,30)16(31,32)33/h1-7H. The summed E-state index contributed by atoms with van der Waals surface area (Å²) in [5.41, 5.74) is -0.468. The van der Waals surface area contributed by atoms with Gasteiger partial charge in [0.15, 0.2) is 0 Å². The SMILES string of the molecule is FC(F)(F)C(F)(F)C(F)(F)C(F)(F)C(F)(F)C(F)(F)C(F)(F)C(F)(F)C=Cc1ccccc1. The number of benzene rings is 1. The zero-order valence-corrected chi connectivity index (χ0v) is 15.0. The Balaban J connectivity index is 3.58. The first-order chi connectivity index (χ1) is 14.3. The molecule has 0 spiro atoms. The molecule has 1 rings (SSSR count). The summed E-state index contributed by atoms with van der Waals surface area (Å²) < 4.78 is 222. The highest BCUT2D eigenvalue weighted by atomic mass is 19.4. The van der Waals surface area contributed by atoms with Crippen molar-refractivity contribution in [3.8, 4) is 0 Å². The molecule has 0 fully saturated rings. The third-order valence-corrected chi connectivity index (χ3v) is 4.03. The molecule has 0 aromatic heterocycles. The van der Waals surface area contributed by atoms with Crippen LogP contribution in [-0.2, 0) is 0 Å². The summed E-state index contributed by atoms with van der Waals surface area (Å²) in [5, 5.41) is 0. The van der Waals surface area contributed by atoms with Gasteiger partial charge in [-0.1, -0.05) is 36.4 Å². The van der Waals surface area contributed by atoms with Gasteiger partial charge in [0.1, 0.15) is 0 Å². The third-order valence-electron chi connectivity index (χ3n) is 4.03. The summed E-state index contributed by atoms with van der Waals surface area (Å²) in [7, 11) is 0. The van der Waals surface area contributed by atoms with Crippen LogP contribution in [0.3, 0.4) is 0 Å². The maximum absolute atomic E-state index is 13.6. The largest absolute Gasteiger partial charge is 0.460 e. The molecule has 0 N–H and O–H groups in total. The lowest BCUT2D eigenvalue weighted by atomic mass is 9.89. The molecule has 0 aliphatic heterocycles. The highest BCUT2D eigenvalue weighted by Gasteiger charge is 2.95. The van der Waals surface area contributed by atoms with Gasteiger partial charge in [0.05, 0.1) is 0 Å². The van der Waals surface area contributed by atoms with Crippen LogP contribution in [0.25, 0.3) is 6.08 Å². The van der Waals surface area contributed by atoms with E-state index in [4.69, 9.17) is 0 Å². The third kappa shape index (κ3) is 4.11. The quantitative estimate of drug-likeness (QED) is 0.307. The van der Waals surface area contributed by atoms with Crippen molar-refractivity contribution < 1.29 is 74.6 Å². The Bertz CT molecular complexity index is 848. The summed E-state index contributed by atoms with van der Waals surface area (Å²) in [4.78, 5) is 0. The van der Waals surface area contributed by atoms with Gasteiger partial charge in [-0.05, 0) is 11.6 Å². The van der Waals surface area contributed by atoms with Gasteiger partial charge < -0.3 is 0 Å². The van der Waals surface area contributed by atoms with Crippen molar-refractivity contribution in [1.29, 1.82) is 0 Å². The Morgan fingerprint density at radius 2 is 0.758 bits per heavy atom. The van der Waals surface area contributed by atoms with Gasteiger partial charge in [-0.3, -0.25) is 0 Å². The van der Waals surface area contributed by atoms with E-state index in [-0.39, 0.29) is 6.08 Å². The number of allylic oxidation sites excluding steroid dienone is 1. The highest BCUT2D eigenvalue weighted by Crippen LogP contribution is 2.64. The van der Waals surface area contributed by atoms with Crippen LogP contribution < -0.4 is 0 Å². The second kappa shape index (κ2) is 7.92. The first kappa shape index (κ1) is 28.8. The van der Waals surface area contributed by atoms with Gasteiger partial charge >= 0.3 is 47.6 Å². The highest BCUT2D eigenvalue weighted by molar-refractivity contribution is 5.50. The molecule has 1 aromatic carbocycles. The molecule has 0 saturated carbocycles. The van der Waals surface area contributed by atoms with Crippen molar-refractivity contribution in [2.24, 2.45) is 0 Å². The van der Waals surface area contributed by atoms with E-state index in [0.717, 1.165) is 24.3 Å². The number of rotatable bonds is 8. The zero-order chi connectivity index (χ0) is 26.5. The normalized spacial score (nSPS) is 15.9. The molecule has 0 nitrogen and oxygen atoms in total. The van der Waals surface area contributed by atoms with Gasteiger partial charge in [0, 0.05) is 0 Å². The van der Waals surface area contributed by atoms with Crippen LogP contribution in [0.2, 0.25) is 0 Å². The maximum Gasteiger partial charge on any atom is 0.460 e. The Morgan fingerprint density at radius 3 is 1.12 bits per heavy atom. The molecule has 33 heavy (non-hydrogen) atoms. The first-order valence-corrected chi connectivity index (χ1v) is 7.78. The minimum atomic E-state index is -8.62. The van der Waals surface area contributed by atoms with E-state index in [1.165, 1.54) is 6.07 Å². The monoisotopic (exact) mass is 522 g/mol. The van der Waals surface area contributed by atoms with Crippen molar-refractivity contribution in [2.75, 3.05) is 0 Å². The average Bonchev–Trinajstić information content (AvgIpc) is 2.65. The predicted molar refractivity (Wildman–Crippen MR) is 76.2 cm³/mol. The van der Waals surface area contributed by atoms with Crippen LogP contribution in [0, 0.1) is 0 Å². The summed E-state index contributed by atoms with van der Waals surface area (Å²) in [6.45, 7) is 0. The topological polar surface area (TPSA) is 0 Å². The summed E-state index contributed by atoms with van der Waals surface area (Å²) in [5.74, 6) is -56.4. The lowest BCUT2D eigenvalue weighted by molar-refractivity contribution is -0.459. The molecule has 1 aromatic rings. The summed E-state index contributed by atoms with van der Waals surface area (Å²) in [6, 6.07) is 5.11. The summed E-state index contributed by atoms with van der Waals surface area (Å²) >= 11 is 0. The van der Waals surface area contributed by atoms with E-state index in [2.05, 4.69) is 0 Å². The molecule has 0 bridgehead atoms. The molecule has 0 heterocycles. The van der Waals surface area contributed by atoms with E-state index in [1.54, 1.807) is 0 Å². The van der Waals surface area contributed by atoms with Crippen molar-refractivity contribution >= 4 is 6.08 Å². The molecule has 190 valence electrons. The first-order valence-electron chi connectivity index (χ1n) is 7.78. The van der Waals surface area contributed by atoms with E-state index < -0.39 is 59.3 Å². The van der Waals surface area contributed by atoms with Gasteiger partial charge in [-0.2, -0.15) is 74.6 Å². The molecule has 0 aliphatic rings. The lowest BCUT2D eigenvalue weighted by Crippen LogP contribution is -2.74. The van der Waals surface area contributed by atoms with Crippen LogP contribution in [-0.4, -0.2) is 47.6 Å². The van der Waals surface area contributed by atoms with Crippen molar-refractivity contribution in [3.63, 3.8) is 0 Å². The van der Waals surface area contributed by atoms with Crippen LogP contribution in [0.15, 0.2) is 36.4 Å². The van der Waals surface area contributed by atoms with E-state index in [1.807, 2.05) is 0 Å². The second-order valence-electron chi connectivity index (χ2n) is 6.31. The fourth-order valence-corrected chi connectivity index (χ4v) is 2.05. The molecule has 0 amide bonds. The molecule has 0 unspecified atom stereocenters. The van der Waals surface area contributed by atoms with Crippen molar-refractivity contribution in [3.05, 3.63) is 42.0 Å². The molecule has 0 saturated heterocycles. The van der Waals surface area contributed by atoms with Gasteiger partial charge in [-0.25, -0.2) is 0 Å². The minimum absolute atomic E-state index is 0.104. The molecule has 0 radical (unpaired) electrons. The van der Waals surface area contributed by atoms with Crippen molar-refractivity contribution in [2.45, 2.75) is 47.6 Å². The molecular formula is C16H7F17. The Kier molecular flexibility index (Phi) is 6.91. The predicted octanol–water partition coefficient (Wildman–Crippen LogP) is 7.71.